The van der Waals surface area contributed by atoms with Gasteiger partial charge in [0.05, 0.1) is 6.54 Å². The van der Waals surface area contributed by atoms with E-state index >= 15 is 0 Å². The third-order valence-corrected chi connectivity index (χ3v) is 1.46. The monoisotopic (exact) mass is 178 g/mol. The zero-order valence-corrected chi connectivity index (χ0v) is 7.35. The molecule has 0 saturated heterocycles. The summed E-state index contributed by atoms with van der Waals surface area (Å²) in [6, 6.07) is 9.17. The Balaban J connectivity index is 2.51. The van der Waals surface area contributed by atoms with Crippen molar-refractivity contribution in [2.75, 3.05) is 6.54 Å². The van der Waals surface area contributed by atoms with Gasteiger partial charge in [0.1, 0.15) is 0 Å². The summed E-state index contributed by atoms with van der Waals surface area (Å²) in [6.45, 7) is 4.13. The molecule has 0 spiro atoms. The standard InChI is InChI=1S/C10H12NO2/c1-2-8-11(9-12)13-10-6-4-3-5-7-10/h3-7,9H,1-2,8H2. The smallest absolute Gasteiger partial charge is 0.242 e. The minimum atomic E-state index is 0.498. The molecule has 0 bridgehead atoms. The Morgan fingerprint density at radius 2 is 2.08 bits per heavy atom. The fourth-order valence-electron chi connectivity index (χ4n) is 0.892. The molecule has 1 amide bonds. The number of hydrogen-bond donors (Lipinski definition) is 0. The van der Waals surface area contributed by atoms with Crippen LogP contribution < -0.4 is 4.84 Å². The maximum absolute atomic E-state index is 10.5. The van der Waals surface area contributed by atoms with Gasteiger partial charge in [-0.3, -0.25) is 4.79 Å². The number of amides is 1. The molecule has 1 rings (SSSR count). The van der Waals surface area contributed by atoms with Crippen LogP contribution in [-0.4, -0.2) is 18.0 Å². The molecule has 0 fully saturated rings. The van der Waals surface area contributed by atoms with Crippen LogP contribution in [0.3, 0.4) is 0 Å². The normalized spacial score (nSPS) is 9.31. The maximum Gasteiger partial charge on any atom is 0.242 e. The summed E-state index contributed by atoms with van der Waals surface area (Å²) in [4.78, 5) is 15.7. The number of carbonyl (C=O) groups excluding carboxylic acids is 1. The van der Waals surface area contributed by atoms with Crippen molar-refractivity contribution in [2.24, 2.45) is 0 Å². The molecule has 1 aromatic carbocycles. The molecule has 1 radical (unpaired) electrons. The third-order valence-electron chi connectivity index (χ3n) is 1.46. The third kappa shape index (κ3) is 3.15. The van der Waals surface area contributed by atoms with Crippen molar-refractivity contribution in [3.8, 4) is 5.75 Å². The summed E-state index contributed by atoms with van der Waals surface area (Å²) in [5.41, 5.74) is 0. The highest BCUT2D eigenvalue weighted by Crippen LogP contribution is 2.09. The van der Waals surface area contributed by atoms with Gasteiger partial charge in [-0.25, -0.2) is 0 Å². The Morgan fingerprint density at radius 1 is 1.38 bits per heavy atom. The Morgan fingerprint density at radius 3 is 2.62 bits per heavy atom. The molecule has 3 heteroatoms. The molecule has 0 aliphatic rings. The van der Waals surface area contributed by atoms with Crippen molar-refractivity contribution >= 4 is 6.41 Å². The number of hydrogen-bond acceptors (Lipinski definition) is 2. The van der Waals surface area contributed by atoms with E-state index in [9.17, 15) is 4.79 Å². The van der Waals surface area contributed by atoms with Gasteiger partial charge in [-0.15, -0.1) is 0 Å². The van der Waals surface area contributed by atoms with Crippen molar-refractivity contribution in [1.29, 1.82) is 0 Å². The van der Waals surface area contributed by atoms with Gasteiger partial charge in [-0.05, 0) is 18.6 Å². The molecule has 69 valence electrons. The Labute approximate surface area is 77.9 Å². The van der Waals surface area contributed by atoms with Crippen LogP contribution in [0.25, 0.3) is 0 Å². The fourth-order valence-corrected chi connectivity index (χ4v) is 0.892. The highest BCUT2D eigenvalue weighted by Gasteiger charge is 2.00. The summed E-state index contributed by atoms with van der Waals surface area (Å²) in [6.07, 6.45) is 1.28. The number of hydroxylamine groups is 2. The molecule has 0 saturated carbocycles. The van der Waals surface area contributed by atoms with Crippen molar-refractivity contribution in [3.63, 3.8) is 0 Å². The van der Waals surface area contributed by atoms with E-state index in [4.69, 9.17) is 4.84 Å². The highest BCUT2D eigenvalue weighted by molar-refractivity contribution is 5.45. The van der Waals surface area contributed by atoms with Gasteiger partial charge in [0.2, 0.25) is 6.41 Å². The average Bonchev–Trinajstić information content (AvgIpc) is 2.19. The summed E-state index contributed by atoms with van der Waals surface area (Å²) in [5.74, 6) is 0.656. The van der Waals surface area contributed by atoms with Crippen LogP contribution in [0.4, 0.5) is 0 Å². The average molecular weight is 178 g/mol. The van der Waals surface area contributed by atoms with E-state index in [1.165, 1.54) is 5.06 Å². The molecule has 0 unspecified atom stereocenters. The molecule has 0 atom stereocenters. The van der Waals surface area contributed by atoms with E-state index in [2.05, 4.69) is 6.92 Å². The molecular weight excluding hydrogens is 166 g/mol. The lowest BCUT2D eigenvalue weighted by atomic mass is 10.3. The van der Waals surface area contributed by atoms with Crippen LogP contribution in [0.1, 0.15) is 6.42 Å². The lowest BCUT2D eigenvalue weighted by molar-refractivity contribution is -0.141. The second-order valence-electron chi connectivity index (χ2n) is 2.50. The van der Waals surface area contributed by atoms with Crippen molar-refractivity contribution < 1.29 is 9.63 Å². The molecule has 0 aliphatic carbocycles. The quantitative estimate of drug-likeness (QED) is 0.507. The Kier molecular flexibility index (Phi) is 3.82. The number of rotatable bonds is 5. The van der Waals surface area contributed by atoms with Crippen LogP contribution in [0.2, 0.25) is 0 Å². The molecule has 0 aromatic heterocycles. The first-order valence-electron chi connectivity index (χ1n) is 4.11. The van der Waals surface area contributed by atoms with E-state index < -0.39 is 0 Å². The Bertz CT molecular complexity index is 248. The van der Waals surface area contributed by atoms with Crippen molar-refractivity contribution in [2.45, 2.75) is 6.42 Å². The number of nitrogens with zero attached hydrogens (tertiary/aromatic N) is 1. The predicted octanol–water partition coefficient (Wildman–Crippen LogP) is 1.66. The fraction of sp³-hybridized carbons (Fsp3) is 0.200. The van der Waals surface area contributed by atoms with Crippen LogP contribution >= 0.6 is 0 Å². The highest BCUT2D eigenvalue weighted by atomic mass is 16.7. The largest absolute Gasteiger partial charge is 0.377 e. The molecule has 0 N–H and O–H groups in total. The van der Waals surface area contributed by atoms with E-state index in [1.807, 2.05) is 18.2 Å². The molecule has 13 heavy (non-hydrogen) atoms. The van der Waals surface area contributed by atoms with Gasteiger partial charge in [0.25, 0.3) is 0 Å². The first-order valence-corrected chi connectivity index (χ1v) is 4.11. The van der Waals surface area contributed by atoms with Crippen LogP contribution in [-0.2, 0) is 4.79 Å². The second-order valence-corrected chi connectivity index (χ2v) is 2.50. The van der Waals surface area contributed by atoms with Gasteiger partial charge in [-0.2, -0.15) is 5.06 Å². The van der Waals surface area contributed by atoms with E-state index in [0.717, 1.165) is 0 Å². The number of para-hydroxylation sites is 1. The lowest BCUT2D eigenvalue weighted by Gasteiger charge is -2.16. The van der Waals surface area contributed by atoms with Gasteiger partial charge >= 0.3 is 0 Å². The molecule has 0 aliphatic heterocycles. The minimum Gasteiger partial charge on any atom is -0.377 e. The van der Waals surface area contributed by atoms with Crippen LogP contribution in [0.5, 0.6) is 5.75 Å². The van der Waals surface area contributed by atoms with E-state index in [-0.39, 0.29) is 0 Å². The molecular formula is C10H12NO2. The maximum atomic E-state index is 10.5. The summed E-state index contributed by atoms with van der Waals surface area (Å²) >= 11 is 0. The van der Waals surface area contributed by atoms with Gasteiger partial charge in [0.15, 0.2) is 5.75 Å². The zero-order chi connectivity index (χ0) is 9.52. The lowest BCUT2D eigenvalue weighted by Crippen LogP contribution is -2.26. The molecule has 3 nitrogen and oxygen atoms in total. The Hall–Kier alpha value is -1.51. The van der Waals surface area contributed by atoms with Gasteiger partial charge in [-0.1, -0.05) is 25.1 Å². The number of benzene rings is 1. The summed E-state index contributed by atoms with van der Waals surface area (Å²) in [7, 11) is 0. The van der Waals surface area contributed by atoms with Crippen molar-refractivity contribution in [3.05, 3.63) is 37.3 Å². The molecule has 0 heterocycles. The summed E-state index contributed by atoms with van der Waals surface area (Å²) in [5, 5.41) is 1.22. The van der Waals surface area contributed by atoms with Gasteiger partial charge in [0, 0.05) is 0 Å². The second kappa shape index (κ2) is 5.19. The number of carbonyl (C=O) groups is 1. The first kappa shape index (κ1) is 9.58. The molecule has 1 aromatic rings. The topological polar surface area (TPSA) is 29.5 Å². The van der Waals surface area contributed by atoms with Crippen molar-refractivity contribution in [1.82, 2.24) is 5.06 Å². The van der Waals surface area contributed by atoms with Gasteiger partial charge < -0.3 is 4.84 Å². The predicted molar refractivity (Wildman–Crippen MR) is 49.8 cm³/mol. The minimum absolute atomic E-state index is 0.498. The SMILES string of the molecule is [CH2]CCN(C=O)Oc1ccccc1. The van der Waals surface area contributed by atoms with Crippen LogP contribution in [0.15, 0.2) is 30.3 Å². The zero-order valence-electron chi connectivity index (χ0n) is 7.35. The van der Waals surface area contributed by atoms with Crippen LogP contribution in [0, 0.1) is 6.92 Å². The first-order chi connectivity index (χ1) is 6.36. The summed E-state index contributed by atoms with van der Waals surface area (Å²) < 4.78 is 0. The van der Waals surface area contributed by atoms with E-state index in [0.29, 0.717) is 25.1 Å². The van der Waals surface area contributed by atoms with E-state index in [1.54, 1.807) is 12.1 Å².